The maximum atomic E-state index is 11.9. The maximum Gasteiger partial charge on any atom is 0.239 e. The quantitative estimate of drug-likeness (QED) is 0.773. The Bertz CT molecular complexity index is 408. The first-order chi connectivity index (χ1) is 9.59. The summed E-state index contributed by atoms with van der Waals surface area (Å²) in [6, 6.07) is 9.71. The van der Waals surface area contributed by atoms with Crippen LogP contribution in [0.15, 0.2) is 30.3 Å². The first-order valence-electron chi connectivity index (χ1n) is 7.17. The van der Waals surface area contributed by atoms with E-state index in [1.807, 2.05) is 18.2 Å². The molecule has 0 fully saturated rings. The third-order valence-electron chi connectivity index (χ3n) is 4.02. The van der Waals surface area contributed by atoms with E-state index in [4.69, 9.17) is 10.5 Å². The standard InChI is InChI=1S/C16H26N2O2.ClH/c1-4-16(5-2,13-9-7-6-8-10-13)12-18-15(19)14(17)11-20-3;/h6-10,14H,4-5,11-12,17H2,1-3H3,(H,18,19);1H. The molecule has 1 atom stereocenters. The summed E-state index contributed by atoms with van der Waals surface area (Å²) >= 11 is 0. The number of ether oxygens (including phenoxy) is 1. The minimum Gasteiger partial charge on any atom is -0.383 e. The van der Waals surface area contributed by atoms with Gasteiger partial charge in [-0.3, -0.25) is 4.79 Å². The van der Waals surface area contributed by atoms with Crippen LogP contribution in [0.1, 0.15) is 32.3 Å². The molecule has 1 unspecified atom stereocenters. The van der Waals surface area contributed by atoms with Gasteiger partial charge in [-0.2, -0.15) is 0 Å². The Labute approximate surface area is 133 Å². The number of halogens is 1. The monoisotopic (exact) mass is 314 g/mol. The normalized spacial score (nSPS) is 12.4. The fraction of sp³-hybridized carbons (Fsp3) is 0.562. The number of methoxy groups -OCH3 is 1. The number of hydrogen-bond acceptors (Lipinski definition) is 3. The molecule has 0 aliphatic heterocycles. The van der Waals surface area contributed by atoms with Crippen molar-refractivity contribution in [3.8, 4) is 0 Å². The summed E-state index contributed by atoms with van der Waals surface area (Å²) in [6.07, 6.45) is 1.93. The molecule has 0 radical (unpaired) electrons. The minimum atomic E-state index is -0.609. The zero-order valence-electron chi connectivity index (χ0n) is 13.1. The Kier molecular flexibility index (Phi) is 9.26. The van der Waals surface area contributed by atoms with E-state index in [2.05, 4.69) is 31.3 Å². The van der Waals surface area contributed by atoms with Gasteiger partial charge in [0.25, 0.3) is 0 Å². The lowest BCUT2D eigenvalue weighted by Crippen LogP contribution is -2.48. The van der Waals surface area contributed by atoms with Crippen LogP contribution in [-0.4, -0.2) is 32.2 Å². The molecule has 0 spiro atoms. The van der Waals surface area contributed by atoms with E-state index in [1.165, 1.54) is 5.56 Å². The summed E-state index contributed by atoms with van der Waals surface area (Å²) in [5.41, 5.74) is 6.96. The van der Waals surface area contributed by atoms with Crippen LogP contribution < -0.4 is 11.1 Å². The molecular formula is C16H27ClN2O2. The SMILES string of the molecule is CCC(CC)(CNC(=O)C(N)COC)c1ccccc1.Cl. The highest BCUT2D eigenvalue weighted by Gasteiger charge is 2.29. The molecule has 0 aliphatic carbocycles. The number of nitrogens with two attached hydrogens (primary N) is 1. The second-order valence-corrected chi connectivity index (χ2v) is 5.13. The van der Waals surface area contributed by atoms with Crippen molar-refractivity contribution in [2.24, 2.45) is 5.73 Å². The number of carbonyl (C=O) groups is 1. The lowest BCUT2D eigenvalue weighted by Gasteiger charge is -2.33. The van der Waals surface area contributed by atoms with E-state index in [0.717, 1.165) is 12.8 Å². The lowest BCUT2D eigenvalue weighted by molar-refractivity contribution is -0.123. The zero-order chi connectivity index (χ0) is 15.0. The summed E-state index contributed by atoms with van der Waals surface area (Å²) in [6.45, 7) is 5.14. The molecule has 1 aromatic rings. The summed E-state index contributed by atoms with van der Waals surface area (Å²) in [7, 11) is 1.54. The highest BCUT2D eigenvalue weighted by molar-refractivity contribution is 5.85. The second kappa shape index (κ2) is 9.77. The van der Waals surface area contributed by atoms with Gasteiger partial charge in [0.2, 0.25) is 5.91 Å². The molecule has 3 N–H and O–H groups in total. The Morgan fingerprint density at radius 2 is 1.86 bits per heavy atom. The Balaban J connectivity index is 0.00000400. The maximum absolute atomic E-state index is 11.9. The van der Waals surface area contributed by atoms with Crippen molar-refractivity contribution in [2.75, 3.05) is 20.3 Å². The highest BCUT2D eigenvalue weighted by Crippen LogP contribution is 2.30. The van der Waals surface area contributed by atoms with E-state index in [0.29, 0.717) is 6.54 Å². The molecule has 0 saturated carbocycles. The van der Waals surface area contributed by atoms with Gasteiger partial charge in [-0.1, -0.05) is 44.2 Å². The fourth-order valence-corrected chi connectivity index (χ4v) is 2.44. The summed E-state index contributed by atoms with van der Waals surface area (Å²) in [4.78, 5) is 11.9. The van der Waals surface area contributed by atoms with E-state index >= 15 is 0 Å². The predicted octanol–water partition coefficient (Wildman–Crippen LogP) is 2.26. The first-order valence-corrected chi connectivity index (χ1v) is 7.17. The van der Waals surface area contributed by atoms with Crippen LogP contribution in [0.2, 0.25) is 0 Å². The van der Waals surface area contributed by atoms with Gasteiger partial charge in [-0.15, -0.1) is 12.4 Å². The van der Waals surface area contributed by atoms with Crippen LogP contribution in [0.3, 0.4) is 0 Å². The van der Waals surface area contributed by atoms with Gasteiger partial charge in [0, 0.05) is 19.1 Å². The van der Waals surface area contributed by atoms with E-state index in [9.17, 15) is 4.79 Å². The van der Waals surface area contributed by atoms with E-state index in [1.54, 1.807) is 7.11 Å². The van der Waals surface area contributed by atoms with Crippen molar-refractivity contribution in [1.82, 2.24) is 5.32 Å². The van der Waals surface area contributed by atoms with Crippen molar-refractivity contribution < 1.29 is 9.53 Å². The molecule has 0 bridgehead atoms. The molecule has 4 nitrogen and oxygen atoms in total. The number of rotatable bonds is 8. The van der Waals surface area contributed by atoms with Crippen LogP contribution in [0.5, 0.6) is 0 Å². The lowest BCUT2D eigenvalue weighted by atomic mass is 9.76. The molecule has 5 heteroatoms. The Morgan fingerprint density at radius 1 is 1.29 bits per heavy atom. The smallest absolute Gasteiger partial charge is 0.239 e. The van der Waals surface area contributed by atoms with Gasteiger partial charge in [0.05, 0.1) is 6.61 Å². The predicted molar refractivity (Wildman–Crippen MR) is 88.8 cm³/mol. The molecule has 1 amide bonds. The topological polar surface area (TPSA) is 64.4 Å². The number of benzene rings is 1. The van der Waals surface area contributed by atoms with Gasteiger partial charge >= 0.3 is 0 Å². The molecule has 1 rings (SSSR count). The van der Waals surface area contributed by atoms with Crippen molar-refractivity contribution in [2.45, 2.75) is 38.1 Å². The second-order valence-electron chi connectivity index (χ2n) is 5.13. The minimum absolute atomic E-state index is 0. The van der Waals surface area contributed by atoms with Crippen molar-refractivity contribution >= 4 is 18.3 Å². The highest BCUT2D eigenvalue weighted by atomic mass is 35.5. The Hall–Kier alpha value is -1.10. The number of nitrogens with one attached hydrogen (secondary N) is 1. The number of amides is 1. The largest absolute Gasteiger partial charge is 0.383 e. The van der Waals surface area contributed by atoms with Crippen LogP contribution >= 0.6 is 12.4 Å². The van der Waals surface area contributed by atoms with Crippen molar-refractivity contribution in [3.05, 3.63) is 35.9 Å². The zero-order valence-corrected chi connectivity index (χ0v) is 13.9. The first kappa shape index (κ1) is 19.9. The third kappa shape index (κ3) is 5.30. The molecule has 120 valence electrons. The summed E-state index contributed by atoms with van der Waals surface area (Å²) in [5, 5.41) is 2.96. The molecule has 1 aromatic carbocycles. The molecule has 0 heterocycles. The molecule has 0 aliphatic rings. The molecule has 21 heavy (non-hydrogen) atoms. The van der Waals surface area contributed by atoms with E-state index < -0.39 is 6.04 Å². The van der Waals surface area contributed by atoms with Gasteiger partial charge in [0.1, 0.15) is 6.04 Å². The van der Waals surface area contributed by atoms with Crippen LogP contribution in [0.4, 0.5) is 0 Å². The molecule has 0 aromatic heterocycles. The number of hydrogen-bond donors (Lipinski definition) is 2. The van der Waals surface area contributed by atoms with Gasteiger partial charge < -0.3 is 15.8 Å². The third-order valence-corrected chi connectivity index (χ3v) is 4.02. The van der Waals surface area contributed by atoms with Crippen molar-refractivity contribution in [1.29, 1.82) is 0 Å². The van der Waals surface area contributed by atoms with Gasteiger partial charge in [-0.05, 0) is 18.4 Å². The van der Waals surface area contributed by atoms with Crippen LogP contribution in [0.25, 0.3) is 0 Å². The summed E-state index contributed by atoms with van der Waals surface area (Å²) < 4.78 is 4.91. The average Bonchev–Trinajstić information content (AvgIpc) is 2.50. The van der Waals surface area contributed by atoms with Crippen LogP contribution in [0, 0.1) is 0 Å². The van der Waals surface area contributed by atoms with Crippen molar-refractivity contribution in [3.63, 3.8) is 0 Å². The van der Waals surface area contributed by atoms with Crippen LogP contribution in [-0.2, 0) is 14.9 Å². The van der Waals surface area contributed by atoms with Gasteiger partial charge in [0.15, 0.2) is 0 Å². The van der Waals surface area contributed by atoms with E-state index in [-0.39, 0.29) is 30.3 Å². The fourth-order valence-electron chi connectivity index (χ4n) is 2.44. The summed E-state index contributed by atoms with van der Waals surface area (Å²) in [5.74, 6) is -0.158. The molecule has 0 saturated heterocycles. The Morgan fingerprint density at radius 3 is 2.33 bits per heavy atom. The number of carbonyl (C=O) groups excluding carboxylic acids is 1. The van der Waals surface area contributed by atoms with Gasteiger partial charge in [-0.25, -0.2) is 0 Å². The molecular weight excluding hydrogens is 288 g/mol. The average molecular weight is 315 g/mol.